The molecule has 0 aliphatic carbocycles. The van der Waals surface area contributed by atoms with Crippen LogP contribution < -0.4 is 20.7 Å². The van der Waals surface area contributed by atoms with E-state index in [1.807, 2.05) is 79.0 Å². The third kappa shape index (κ3) is 9.31. The van der Waals surface area contributed by atoms with E-state index in [9.17, 15) is 9.59 Å². The molecule has 0 bridgehead atoms. The maximum absolute atomic E-state index is 13.3. The number of rotatable bonds is 13. The zero-order chi connectivity index (χ0) is 36.6. The fraction of sp³-hybridized carbons (Fsp3) is 0.225. The van der Waals surface area contributed by atoms with E-state index in [0.717, 1.165) is 77.3 Å². The van der Waals surface area contributed by atoms with E-state index < -0.39 is 0 Å². The van der Waals surface area contributed by atoms with Crippen LogP contribution in [0, 0.1) is 6.92 Å². The van der Waals surface area contributed by atoms with E-state index in [1.165, 1.54) is 23.7 Å². The average molecular weight is 745 g/mol. The number of anilines is 4. The van der Waals surface area contributed by atoms with Crippen molar-refractivity contribution < 1.29 is 14.3 Å². The second-order valence-corrected chi connectivity index (χ2v) is 14.6. The maximum atomic E-state index is 13.3. The summed E-state index contributed by atoms with van der Waals surface area (Å²) in [6, 6.07) is 24.7. The third-order valence-corrected chi connectivity index (χ3v) is 11.1. The molecular formula is C40H40N8O3S2. The smallest absolute Gasteiger partial charge is 0.265 e. The molecule has 1 aliphatic rings. The lowest BCUT2D eigenvalue weighted by atomic mass is 10.1. The quantitative estimate of drug-likeness (QED) is 0.108. The van der Waals surface area contributed by atoms with Gasteiger partial charge in [-0.2, -0.15) is 0 Å². The molecule has 13 heteroatoms. The van der Waals surface area contributed by atoms with Crippen molar-refractivity contribution in [3.05, 3.63) is 119 Å². The van der Waals surface area contributed by atoms with Crippen molar-refractivity contribution in [3.63, 3.8) is 0 Å². The van der Waals surface area contributed by atoms with Crippen LogP contribution in [-0.2, 0) is 0 Å². The summed E-state index contributed by atoms with van der Waals surface area (Å²) in [5.74, 6) is 0.640. The first-order valence-corrected chi connectivity index (χ1v) is 19.2. The predicted octanol–water partition coefficient (Wildman–Crippen LogP) is 7.90. The Morgan fingerprint density at radius 2 is 1.66 bits per heavy atom. The zero-order valence-electron chi connectivity index (χ0n) is 29.5. The van der Waals surface area contributed by atoms with Gasteiger partial charge in [-0.1, -0.05) is 19.1 Å². The van der Waals surface area contributed by atoms with Crippen molar-refractivity contribution in [2.45, 2.75) is 13.8 Å². The Bertz CT molecular complexity index is 2160. The van der Waals surface area contributed by atoms with E-state index in [-0.39, 0.29) is 11.8 Å². The van der Waals surface area contributed by atoms with Crippen molar-refractivity contribution in [2.75, 3.05) is 61.8 Å². The van der Waals surface area contributed by atoms with Crippen LogP contribution >= 0.6 is 22.7 Å². The van der Waals surface area contributed by atoms with Gasteiger partial charge in [0.1, 0.15) is 12.4 Å². The van der Waals surface area contributed by atoms with Gasteiger partial charge >= 0.3 is 0 Å². The molecule has 5 heterocycles. The number of thiophene rings is 2. The molecule has 0 radical (unpaired) electrons. The number of carbonyl (C=O) groups is 2. The highest BCUT2D eigenvalue weighted by Gasteiger charge is 2.16. The molecule has 53 heavy (non-hydrogen) atoms. The molecule has 1 fully saturated rings. The topological polar surface area (TPSA) is 125 Å². The molecule has 1 aliphatic heterocycles. The van der Waals surface area contributed by atoms with E-state index in [2.05, 4.69) is 42.6 Å². The molecule has 4 aromatic heterocycles. The number of amides is 2. The summed E-state index contributed by atoms with van der Waals surface area (Å²) >= 11 is 3.04. The van der Waals surface area contributed by atoms with Crippen LogP contribution in [-0.4, -0.2) is 82.4 Å². The number of piperazine rings is 1. The van der Waals surface area contributed by atoms with Crippen LogP contribution in [0.1, 0.15) is 32.5 Å². The van der Waals surface area contributed by atoms with Crippen LogP contribution in [0.3, 0.4) is 0 Å². The second kappa shape index (κ2) is 16.9. The average Bonchev–Trinajstić information content (AvgIpc) is 3.91. The minimum Gasteiger partial charge on any atom is -0.492 e. The third-order valence-electron chi connectivity index (χ3n) is 8.99. The first kappa shape index (κ1) is 35.9. The molecule has 3 N–H and O–H groups in total. The Morgan fingerprint density at radius 3 is 2.45 bits per heavy atom. The van der Waals surface area contributed by atoms with Crippen LogP contribution in [0.2, 0.25) is 0 Å². The SMILES string of the molecule is CCN1CCN(CCOc2ccc(-c3ccnc(Nc4cc(NC(=O)c5cncc(NC(=O)c6ccc(-c7cccs7)s6)c5)ccc4C)n3)cc2)CC1. The number of ether oxygens (including phenoxy) is 1. The largest absolute Gasteiger partial charge is 0.492 e. The van der Waals surface area contributed by atoms with Gasteiger partial charge in [-0.05, 0) is 91.1 Å². The Hall–Kier alpha value is -5.47. The lowest BCUT2D eigenvalue weighted by Gasteiger charge is -2.33. The molecular weight excluding hydrogens is 705 g/mol. The number of carbonyl (C=O) groups excluding carboxylic acids is 2. The molecule has 0 spiro atoms. The second-order valence-electron chi connectivity index (χ2n) is 12.6. The summed E-state index contributed by atoms with van der Waals surface area (Å²) in [7, 11) is 0. The molecule has 11 nitrogen and oxygen atoms in total. The van der Waals surface area contributed by atoms with Crippen LogP contribution in [0.5, 0.6) is 5.75 Å². The molecule has 0 atom stereocenters. The summed E-state index contributed by atoms with van der Waals surface area (Å²) in [5.41, 5.74) is 4.72. The number of pyridine rings is 1. The van der Waals surface area contributed by atoms with E-state index in [1.54, 1.807) is 29.7 Å². The highest BCUT2D eigenvalue weighted by atomic mass is 32.1. The minimum atomic E-state index is -0.361. The van der Waals surface area contributed by atoms with Gasteiger partial charge in [0.05, 0.1) is 28.0 Å². The van der Waals surface area contributed by atoms with E-state index in [4.69, 9.17) is 9.72 Å². The fourth-order valence-corrected chi connectivity index (χ4v) is 7.65. The van der Waals surface area contributed by atoms with Gasteiger partial charge in [0, 0.05) is 71.8 Å². The summed E-state index contributed by atoms with van der Waals surface area (Å²) in [4.78, 5) is 47.2. The zero-order valence-corrected chi connectivity index (χ0v) is 31.2. The summed E-state index contributed by atoms with van der Waals surface area (Å²) in [6.45, 7) is 11.3. The lowest BCUT2D eigenvalue weighted by molar-refractivity contribution is 0.101. The number of nitrogens with zero attached hydrogens (tertiary/aromatic N) is 5. The standard InChI is InChI=1S/C40H40N8O3S2/c1-3-47-16-18-48(19-17-47)20-21-51-32-10-7-28(8-11-32)33-14-15-42-40(45-33)46-34-24-30(9-6-27(34)2)43-38(49)29-23-31(26-41-25-29)44-39(50)37-13-12-36(53-37)35-5-4-22-52-35/h4-15,22-26H,3,16-21H2,1-2H3,(H,43,49)(H,44,50)(H,42,45,46). The molecule has 2 aromatic carbocycles. The summed E-state index contributed by atoms with van der Waals surface area (Å²) < 4.78 is 6.03. The predicted molar refractivity (Wildman–Crippen MR) is 214 cm³/mol. The fourth-order valence-electron chi connectivity index (χ4n) is 5.92. The maximum Gasteiger partial charge on any atom is 0.265 e. The minimum absolute atomic E-state index is 0.258. The van der Waals surface area contributed by atoms with Crippen molar-refractivity contribution in [2.24, 2.45) is 0 Å². The number of aryl methyl sites for hydroxylation is 1. The van der Waals surface area contributed by atoms with Gasteiger partial charge in [-0.15, -0.1) is 22.7 Å². The highest BCUT2D eigenvalue weighted by molar-refractivity contribution is 7.22. The van der Waals surface area contributed by atoms with Gasteiger partial charge in [0.15, 0.2) is 0 Å². The Balaban J connectivity index is 0.942. The number of aromatic nitrogens is 3. The summed E-state index contributed by atoms with van der Waals surface area (Å²) in [6.07, 6.45) is 4.70. The van der Waals surface area contributed by atoms with Crippen molar-refractivity contribution >= 4 is 57.5 Å². The molecule has 2 amide bonds. The Morgan fingerprint density at radius 1 is 0.849 bits per heavy atom. The van der Waals surface area contributed by atoms with E-state index in [0.29, 0.717) is 34.4 Å². The van der Waals surface area contributed by atoms with Gasteiger partial charge in [0.25, 0.3) is 11.8 Å². The van der Waals surface area contributed by atoms with Crippen LogP contribution in [0.4, 0.5) is 23.0 Å². The highest BCUT2D eigenvalue weighted by Crippen LogP contribution is 2.32. The Kier molecular flexibility index (Phi) is 11.5. The first-order chi connectivity index (χ1) is 25.9. The van der Waals surface area contributed by atoms with Gasteiger partial charge in [-0.3, -0.25) is 19.5 Å². The molecule has 1 saturated heterocycles. The first-order valence-electron chi connectivity index (χ1n) is 17.5. The van der Waals surface area contributed by atoms with Crippen molar-refractivity contribution in [1.29, 1.82) is 0 Å². The lowest BCUT2D eigenvalue weighted by Crippen LogP contribution is -2.47. The number of likely N-dealkylation sites (N-methyl/N-ethyl adjacent to an activating group) is 1. The molecule has 7 rings (SSSR count). The van der Waals surface area contributed by atoms with Crippen LogP contribution in [0.25, 0.3) is 21.0 Å². The van der Waals surface area contributed by atoms with Crippen LogP contribution in [0.15, 0.2) is 103 Å². The van der Waals surface area contributed by atoms with Gasteiger partial charge < -0.3 is 25.6 Å². The van der Waals surface area contributed by atoms with Crippen molar-refractivity contribution in [1.82, 2.24) is 24.8 Å². The molecule has 270 valence electrons. The van der Waals surface area contributed by atoms with Gasteiger partial charge in [-0.25, -0.2) is 9.97 Å². The monoisotopic (exact) mass is 744 g/mol. The Labute approximate surface area is 316 Å². The van der Waals surface area contributed by atoms with Gasteiger partial charge in [0.2, 0.25) is 5.95 Å². The summed E-state index contributed by atoms with van der Waals surface area (Å²) in [5, 5.41) is 11.1. The normalized spacial score (nSPS) is 13.4. The van der Waals surface area contributed by atoms with E-state index >= 15 is 0 Å². The number of hydrogen-bond acceptors (Lipinski definition) is 11. The molecule has 0 unspecified atom stereocenters. The number of benzene rings is 2. The molecule has 6 aromatic rings. The number of nitrogens with one attached hydrogen (secondary N) is 3. The van der Waals surface area contributed by atoms with Crippen molar-refractivity contribution in [3.8, 4) is 26.8 Å². The number of hydrogen-bond donors (Lipinski definition) is 3. The molecule has 0 saturated carbocycles.